The standard InChI is InChI=1S/C26H19ClN4O/c27-24-14-21(23-15-29-31(18-23)16-20-8-10-28-11-9-20)13-22-17-30(26(32)25(22)24)12-4-7-19-5-2-1-3-6-19/h1-3,5-6,8-11,13-15,18H,12,16-17H2. The number of rotatable bonds is 4. The zero-order chi connectivity index (χ0) is 21.9. The molecule has 0 N–H and O–H groups in total. The van der Waals surface area contributed by atoms with E-state index in [2.05, 4.69) is 21.9 Å². The van der Waals surface area contributed by atoms with Gasteiger partial charge in [0, 0.05) is 36.3 Å². The lowest BCUT2D eigenvalue weighted by Gasteiger charge is -2.10. The van der Waals surface area contributed by atoms with E-state index in [0.717, 1.165) is 27.8 Å². The van der Waals surface area contributed by atoms with E-state index in [1.54, 1.807) is 17.3 Å². The third kappa shape index (κ3) is 4.14. The van der Waals surface area contributed by atoms with Gasteiger partial charge in [-0.1, -0.05) is 41.6 Å². The fourth-order valence-corrected chi connectivity index (χ4v) is 4.11. The SMILES string of the molecule is O=C1c2c(Cl)cc(-c3cnn(Cc4ccncc4)c3)cc2CN1CC#Cc1ccccc1. The Hall–Kier alpha value is -3.88. The van der Waals surface area contributed by atoms with Gasteiger partial charge in [-0.25, -0.2) is 0 Å². The molecule has 156 valence electrons. The molecule has 5 rings (SSSR count). The first kappa shape index (κ1) is 20.0. The smallest absolute Gasteiger partial charge is 0.256 e. The highest BCUT2D eigenvalue weighted by Crippen LogP contribution is 2.34. The van der Waals surface area contributed by atoms with Crippen molar-refractivity contribution < 1.29 is 4.79 Å². The lowest BCUT2D eigenvalue weighted by atomic mass is 10.0. The summed E-state index contributed by atoms with van der Waals surface area (Å²) in [5, 5.41) is 4.93. The van der Waals surface area contributed by atoms with Crippen molar-refractivity contribution in [3.8, 4) is 23.0 Å². The van der Waals surface area contributed by atoms with Crippen molar-refractivity contribution in [3.05, 3.63) is 107 Å². The first-order valence-corrected chi connectivity index (χ1v) is 10.6. The van der Waals surface area contributed by atoms with Crippen LogP contribution in [0, 0.1) is 11.8 Å². The van der Waals surface area contributed by atoms with E-state index in [0.29, 0.717) is 30.2 Å². The summed E-state index contributed by atoms with van der Waals surface area (Å²) in [7, 11) is 0. The van der Waals surface area contributed by atoms with Crippen LogP contribution in [0.1, 0.15) is 27.0 Å². The fraction of sp³-hybridized carbons (Fsp3) is 0.115. The van der Waals surface area contributed by atoms with E-state index in [4.69, 9.17) is 11.6 Å². The molecular formula is C26H19ClN4O. The van der Waals surface area contributed by atoms with Gasteiger partial charge in [-0.3, -0.25) is 14.5 Å². The molecule has 2 aromatic carbocycles. The van der Waals surface area contributed by atoms with Crippen molar-refractivity contribution in [1.82, 2.24) is 19.7 Å². The van der Waals surface area contributed by atoms with Gasteiger partial charge >= 0.3 is 0 Å². The van der Waals surface area contributed by atoms with Crippen LogP contribution < -0.4 is 0 Å². The summed E-state index contributed by atoms with van der Waals surface area (Å²) >= 11 is 6.53. The van der Waals surface area contributed by atoms with Crippen molar-refractivity contribution in [3.63, 3.8) is 0 Å². The number of pyridine rings is 1. The third-order valence-corrected chi connectivity index (χ3v) is 5.67. The Balaban J connectivity index is 1.34. The molecule has 3 heterocycles. The van der Waals surface area contributed by atoms with Gasteiger partial charge in [-0.15, -0.1) is 0 Å². The summed E-state index contributed by atoms with van der Waals surface area (Å²) in [5.74, 6) is 6.12. The molecule has 0 unspecified atom stereocenters. The molecule has 1 aliphatic rings. The van der Waals surface area contributed by atoms with Crippen molar-refractivity contribution in [2.75, 3.05) is 6.54 Å². The largest absolute Gasteiger partial charge is 0.323 e. The molecule has 0 radical (unpaired) electrons. The number of nitrogens with zero attached hydrogens (tertiary/aromatic N) is 4. The van der Waals surface area contributed by atoms with Gasteiger partial charge in [0.05, 0.1) is 29.9 Å². The molecule has 32 heavy (non-hydrogen) atoms. The molecule has 0 atom stereocenters. The molecular weight excluding hydrogens is 420 g/mol. The number of hydrogen-bond donors (Lipinski definition) is 0. The van der Waals surface area contributed by atoms with E-state index in [1.165, 1.54) is 0 Å². The van der Waals surface area contributed by atoms with Crippen LogP contribution in [0.25, 0.3) is 11.1 Å². The first-order valence-electron chi connectivity index (χ1n) is 10.2. The molecule has 6 heteroatoms. The van der Waals surface area contributed by atoms with Crippen LogP contribution in [0.2, 0.25) is 5.02 Å². The Labute approximate surface area is 191 Å². The van der Waals surface area contributed by atoms with Crippen LogP contribution in [0.5, 0.6) is 0 Å². The third-order valence-electron chi connectivity index (χ3n) is 5.37. The summed E-state index contributed by atoms with van der Waals surface area (Å²) in [6.07, 6.45) is 7.34. The van der Waals surface area contributed by atoms with Crippen molar-refractivity contribution in [2.45, 2.75) is 13.1 Å². The predicted octanol–water partition coefficient (Wildman–Crippen LogP) is 4.65. The molecule has 1 aliphatic heterocycles. The lowest BCUT2D eigenvalue weighted by molar-refractivity contribution is 0.0799. The van der Waals surface area contributed by atoms with Crippen molar-refractivity contribution in [1.29, 1.82) is 0 Å². The number of aromatic nitrogens is 3. The van der Waals surface area contributed by atoms with Crippen LogP contribution in [-0.4, -0.2) is 32.1 Å². The Morgan fingerprint density at radius 1 is 1.03 bits per heavy atom. The highest BCUT2D eigenvalue weighted by atomic mass is 35.5. The Morgan fingerprint density at radius 2 is 1.84 bits per heavy atom. The van der Waals surface area contributed by atoms with Gasteiger partial charge in [0.25, 0.3) is 5.91 Å². The number of carbonyl (C=O) groups is 1. The second-order valence-electron chi connectivity index (χ2n) is 7.60. The molecule has 5 nitrogen and oxygen atoms in total. The molecule has 0 bridgehead atoms. The quantitative estimate of drug-likeness (QED) is 0.436. The van der Waals surface area contributed by atoms with E-state index in [-0.39, 0.29) is 5.91 Å². The normalized spacial score (nSPS) is 12.4. The molecule has 0 spiro atoms. The Kier molecular flexibility index (Phi) is 5.45. The van der Waals surface area contributed by atoms with E-state index < -0.39 is 0 Å². The minimum absolute atomic E-state index is 0.0766. The summed E-state index contributed by atoms with van der Waals surface area (Å²) in [4.78, 5) is 18.6. The van der Waals surface area contributed by atoms with Crippen molar-refractivity contribution in [2.24, 2.45) is 0 Å². The van der Waals surface area contributed by atoms with E-state index >= 15 is 0 Å². The molecule has 0 fully saturated rings. The molecule has 2 aromatic heterocycles. The fourth-order valence-electron chi connectivity index (χ4n) is 3.79. The molecule has 1 amide bonds. The second-order valence-corrected chi connectivity index (χ2v) is 8.01. The lowest BCUT2D eigenvalue weighted by Crippen LogP contribution is -2.24. The zero-order valence-electron chi connectivity index (χ0n) is 17.2. The second kappa shape index (κ2) is 8.70. The van der Waals surface area contributed by atoms with Crippen LogP contribution in [0.3, 0.4) is 0 Å². The zero-order valence-corrected chi connectivity index (χ0v) is 18.0. The predicted molar refractivity (Wildman–Crippen MR) is 124 cm³/mol. The topological polar surface area (TPSA) is 51.0 Å². The van der Waals surface area contributed by atoms with E-state index in [1.807, 2.05) is 71.7 Å². The van der Waals surface area contributed by atoms with E-state index in [9.17, 15) is 4.79 Å². The number of halogens is 1. The van der Waals surface area contributed by atoms with Gasteiger partial charge in [0.15, 0.2) is 0 Å². The molecule has 0 saturated heterocycles. The van der Waals surface area contributed by atoms with Gasteiger partial charge in [-0.05, 0) is 53.1 Å². The van der Waals surface area contributed by atoms with Crippen LogP contribution >= 0.6 is 11.6 Å². The minimum Gasteiger partial charge on any atom is -0.323 e. The molecule has 0 saturated carbocycles. The number of carbonyl (C=O) groups excluding carboxylic acids is 1. The minimum atomic E-state index is -0.0766. The Bertz CT molecular complexity index is 1340. The number of benzene rings is 2. The van der Waals surface area contributed by atoms with Crippen LogP contribution in [0.4, 0.5) is 0 Å². The summed E-state index contributed by atoms with van der Waals surface area (Å²) in [6.45, 7) is 1.52. The van der Waals surface area contributed by atoms with Gasteiger partial charge in [0.1, 0.15) is 0 Å². The molecule has 4 aromatic rings. The number of amides is 1. The maximum absolute atomic E-state index is 12.9. The van der Waals surface area contributed by atoms with Crippen molar-refractivity contribution >= 4 is 17.5 Å². The highest BCUT2D eigenvalue weighted by Gasteiger charge is 2.30. The number of hydrogen-bond acceptors (Lipinski definition) is 3. The van der Waals surface area contributed by atoms with Gasteiger partial charge in [-0.2, -0.15) is 5.10 Å². The maximum atomic E-state index is 12.9. The van der Waals surface area contributed by atoms with Gasteiger partial charge < -0.3 is 4.90 Å². The summed E-state index contributed by atoms with van der Waals surface area (Å²) in [6, 6.07) is 17.5. The summed E-state index contributed by atoms with van der Waals surface area (Å²) in [5.41, 5.74) is 5.44. The van der Waals surface area contributed by atoms with Gasteiger partial charge in [0.2, 0.25) is 0 Å². The average Bonchev–Trinajstić information content (AvgIpc) is 3.40. The maximum Gasteiger partial charge on any atom is 0.256 e. The first-order chi connectivity index (χ1) is 15.7. The van der Waals surface area contributed by atoms with Crippen LogP contribution in [0.15, 0.2) is 79.4 Å². The monoisotopic (exact) mass is 438 g/mol. The number of fused-ring (bicyclic) bond motifs is 1. The Morgan fingerprint density at radius 3 is 2.66 bits per heavy atom. The molecule has 0 aliphatic carbocycles. The van der Waals surface area contributed by atoms with Crippen LogP contribution in [-0.2, 0) is 13.1 Å². The highest BCUT2D eigenvalue weighted by molar-refractivity contribution is 6.34. The summed E-state index contributed by atoms with van der Waals surface area (Å²) < 4.78 is 1.88. The average molecular weight is 439 g/mol.